The standard InChI is InChI=1S/C22H21ClN4O4S/c1-15-14-20(28)21(25-27(15)19-7-3-2-6-18(19)23)22(29)24-16-8-10-17(11-9-16)32(30,31)26-12-4-5-13-26/h2-3,6-11,14H,4-5,12-13H2,1H3,(H,24,29). The van der Waals surface area contributed by atoms with Gasteiger partial charge in [0.1, 0.15) is 0 Å². The fourth-order valence-electron chi connectivity index (χ4n) is 3.55. The second kappa shape index (κ2) is 8.85. The van der Waals surface area contributed by atoms with Gasteiger partial charge < -0.3 is 5.32 Å². The Labute approximate surface area is 190 Å². The number of aryl methyl sites for hydroxylation is 1. The van der Waals surface area contributed by atoms with Crippen molar-refractivity contribution >= 4 is 33.2 Å². The first kappa shape index (κ1) is 22.2. The van der Waals surface area contributed by atoms with Crippen molar-refractivity contribution in [2.75, 3.05) is 18.4 Å². The molecule has 0 unspecified atom stereocenters. The molecule has 0 atom stereocenters. The lowest BCUT2D eigenvalue weighted by Gasteiger charge is -2.16. The number of hydrogen-bond donors (Lipinski definition) is 1. The molecule has 1 N–H and O–H groups in total. The molecule has 1 aliphatic rings. The summed E-state index contributed by atoms with van der Waals surface area (Å²) in [7, 11) is -3.55. The van der Waals surface area contributed by atoms with Gasteiger partial charge in [0.25, 0.3) is 5.91 Å². The molecular formula is C22H21ClN4O4S. The number of amides is 1. The lowest BCUT2D eigenvalue weighted by atomic mass is 10.2. The highest BCUT2D eigenvalue weighted by atomic mass is 35.5. The summed E-state index contributed by atoms with van der Waals surface area (Å²) in [5.41, 5.74) is 0.579. The van der Waals surface area contributed by atoms with Crippen molar-refractivity contribution in [3.05, 3.63) is 81.2 Å². The lowest BCUT2D eigenvalue weighted by Crippen LogP contribution is -2.28. The highest BCUT2D eigenvalue weighted by molar-refractivity contribution is 7.89. The summed E-state index contributed by atoms with van der Waals surface area (Å²) in [6.45, 7) is 2.72. The number of carbonyl (C=O) groups is 1. The van der Waals surface area contributed by atoms with Gasteiger partial charge in [-0.05, 0) is 56.2 Å². The monoisotopic (exact) mass is 472 g/mol. The minimum absolute atomic E-state index is 0.159. The number of halogens is 1. The molecular weight excluding hydrogens is 452 g/mol. The molecule has 1 aliphatic heterocycles. The highest BCUT2D eigenvalue weighted by Crippen LogP contribution is 2.23. The number of nitrogens with one attached hydrogen (secondary N) is 1. The average Bonchev–Trinajstić information content (AvgIpc) is 3.31. The van der Waals surface area contributed by atoms with E-state index in [1.54, 1.807) is 31.2 Å². The second-order valence-electron chi connectivity index (χ2n) is 7.45. The molecule has 3 aromatic rings. The van der Waals surface area contributed by atoms with E-state index < -0.39 is 21.4 Å². The van der Waals surface area contributed by atoms with Gasteiger partial charge in [-0.15, -0.1) is 0 Å². The molecule has 1 aromatic heterocycles. The molecule has 8 nitrogen and oxygen atoms in total. The van der Waals surface area contributed by atoms with Crippen LogP contribution in [0.1, 0.15) is 29.0 Å². The minimum atomic E-state index is -3.55. The zero-order valence-electron chi connectivity index (χ0n) is 17.3. The van der Waals surface area contributed by atoms with Crippen LogP contribution in [-0.2, 0) is 10.0 Å². The van der Waals surface area contributed by atoms with Gasteiger partial charge in [-0.3, -0.25) is 9.59 Å². The maximum Gasteiger partial charge on any atom is 0.280 e. The molecule has 1 saturated heterocycles. The summed E-state index contributed by atoms with van der Waals surface area (Å²) in [6.07, 6.45) is 1.70. The molecule has 2 heterocycles. The fourth-order valence-corrected chi connectivity index (χ4v) is 5.28. The van der Waals surface area contributed by atoms with Crippen molar-refractivity contribution in [2.24, 2.45) is 0 Å². The maximum atomic E-state index is 12.8. The van der Waals surface area contributed by atoms with E-state index in [0.29, 0.717) is 35.2 Å². The molecule has 32 heavy (non-hydrogen) atoms. The Morgan fingerprint density at radius 2 is 1.72 bits per heavy atom. The fraction of sp³-hybridized carbons (Fsp3) is 0.227. The van der Waals surface area contributed by atoms with Crippen molar-refractivity contribution in [3.8, 4) is 5.69 Å². The number of aromatic nitrogens is 2. The van der Waals surface area contributed by atoms with Crippen LogP contribution in [0.15, 0.2) is 64.3 Å². The van der Waals surface area contributed by atoms with Crippen LogP contribution in [0.5, 0.6) is 0 Å². The molecule has 0 bridgehead atoms. The summed E-state index contributed by atoms with van der Waals surface area (Å²) in [5, 5.41) is 7.24. The number of carbonyl (C=O) groups excluding carboxylic acids is 1. The van der Waals surface area contributed by atoms with Crippen molar-refractivity contribution in [1.29, 1.82) is 0 Å². The quantitative estimate of drug-likeness (QED) is 0.614. The molecule has 4 rings (SSSR count). The number of rotatable bonds is 5. The van der Waals surface area contributed by atoms with Crippen LogP contribution in [0.3, 0.4) is 0 Å². The van der Waals surface area contributed by atoms with Crippen molar-refractivity contribution < 1.29 is 13.2 Å². The highest BCUT2D eigenvalue weighted by Gasteiger charge is 2.27. The van der Waals surface area contributed by atoms with Crippen LogP contribution >= 0.6 is 11.6 Å². The number of hydrogen-bond acceptors (Lipinski definition) is 5. The average molecular weight is 473 g/mol. The predicted octanol–water partition coefficient (Wildman–Crippen LogP) is 3.23. The molecule has 0 radical (unpaired) electrons. The van der Waals surface area contributed by atoms with Crippen LogP contribution in [-0.4, -0.2) is 41.5 Å². The van der Waals surface area contributed by atoms with Gasteiger partial charge in [0.2, 0.25) is 15.5 Å². The van der Waals surface area contributed by atoms with Gasteiger partial charge in [-0.25, -0.2) is 13.1 Å². The van der Waals surface area contributed by atoms with E-state index >= 15 is 0 Å². The molecule has 2 aromatic carbocycles. The van der Waals surface area contributed by atoms with Crippen molar-refractivity contribution in [3.63, 3.8) is 0 Å². The Morgan fingerprint density at radius 3 is 2.38 bits per heavy atom. The molecule has 1 amide bonds. The topological polar surface area (TPSA) is 101 Å². The van der Waals surface area contributed by atoms with E-state index in [1.165, 1.54) is 39.3 Å². The third-order valence-electron chi connectivity index (χ3n) is 5.22. The lowest BCUT2D eigenvalue weighted by molar-refractivity contribution is 0.101. The normalized spacial score (nSPS) is 14.4. The van der Waals surface area contributed by atoms with E-state index in [0.717, 1.165) is 12.8 Å². The van der Waals surface area contributed by atoms with Crippen molar-refractivity contribution in [1.82, 2.24) is 14.1 Å². The first-order valence-electron chi connectivity index (χ1n) is 10.0. The molecule has 0 aliphatic carbocycles. The van der Waals surface area contributed by atoms with Gasteiger partial charge in [-0.1, -0.05) is 23.7 Å². The third kappa shape index (κ3) is 4.32. The zero-order valence-corrected chi connectivity index (χ0v) is 18.9. The van der Waals surface area contributed by atoms with E-state index in [-0.39, 0.29) is 10.6 Å². The van der Waals surface area contributed by atoms with Gasteiger partial charge in [-0.2, -0.15) is 9.40 Å². The van der Waals surface area contributed by atoms with Crippen LogP contribution in [0.25, 0.3) is 5.69 Å². The first-order chi connectivity index (χ1) is 15.3. The van der Waals surface area contributed by atoms with Crippen LogP contribution in [0, 0.1) is 6.92 Å². The molecule has 0 spiro atoms. The van der Waals surface area contributed by atoms with Crippen LogP contribution in [0.4, 0.5) is 5.69 Å². The Bertz CT molecular complexity index is 1330. The zero-order chi connectivity index (χ0) is 22.9. The van der Waals surface area contributed by atoms with E-state index in [9.17, 15) is 18.0 Å². The number of anilines is 1. The molecule has 166 valence electrons. The molecule has 10 heteroatoms. The van der Waals surface area contributed by atoms with Gasteiger partial charge in [0.15, 0.2) is 5.69 Å². The Kier molecular flexibility index (Phi) is 6.14. The summed E-state index contributed by atoms with van der Waals surface area (Å²) >= 11 is 6.24. The first-order valence-corrected chi connectivity index (χ1v) is 11.9. The van der Waals surface area contributed by atoms with Gasteiger partial charge in [0, 0.05) is 30.5 Å². The summed E-state index contributed by atoms with van der Waals surface area (Å²) in [4.78, 5) is 25.3. The summed E-state index contributed by atoms with van der Waals surface area (Å²) in [6, 6.07) is 14.1. The van der Waals surface area contributed by atoms with Crippen LogP contribution < -0.4 is 10.7 Å². The van der Waals surface area contributed by atoms with E-state index in [2.05, 4.69) is 10.4 Å². The van der Waals surface area contributed by atoms with Gasteiger partial charge >= 0.3 is 0 Å². The van der Waals surface area contributed by atoms with Gasteiger partial charge in [0.05, 0.1) is 15.6 Å². The minimum Gasteiger partial charge on any atom is -0.320 e. The number of nitrogens with zero attached hydrogens (tertiary/aromatic N) is 3. The Morgan fingerprint density at radius 1 is 1.06 bits per heavy atom. The number of benzene rings is 2. The largest absolute Gasteiger partial charge is 0.320 e. The summed E-state index contributed by atoms with van der Waals surface area (Å²) < 4.78 is 28.2. The molecule has 0 saturated carbocycles. The Hall–Kier alpha value is -3.01. The van der Waals surface area contributed by atoms with Crippen LogP contribution in [0.2, 0.25) is 5.02 Å². The third-order valence-corrected chi connectivity index (χ3v) is 7.45. The maximum absolute atomic E-state index is 12.8. The van der Waals surface area contributed by atoms with E-state index in [1.807, 2.05) is 0 Å². The van der Waals surface area contributed by atoms with Crippen molar-refractivity contribution in [2.45, 2.75) is 24.7 Å². The second-order valence-corrected chi connectivity index (χ2v) is 9.80. The molecule has 1 fully saturated rings. The Balaban J connectivity index is 1.59. The SMILES string of the molecule is Cc1cc(=O)c(C(=O)Nc2ccc(S(=O)(=O)N3CCCC3)cc2)nn1-c1ccccc1Cl. The number of sulfonamides is 1. The predicted molar refractivity (Wildman–Crippen MR) is 122 cm³/mol. The number of para-hydroxylation sites is 1. The summed E-state index contributed by atoms with van der Waals surface area (Å²) in [5.74, 6) is -0.703. The van der Waals surface area contributed by atoms with E-state index in [4.69, 9.17) is 11.6 Å². The smallest absolute Gasteiger partial charge is 0.280 e.